The third-order valence-corrected chi connectivity index (χ3v) is 5.27. The minimum absolute atomic E-state index is 0.0543. The lowest BCUT2D eigenvalue weighted by Crippen LogP contribution is -2.13. The molecule has 0 aliphatic rings. The van der Waals surface area contributed by atoms with Crippen LogP contribution in [0.2, 0.25) is 0 Å². The van der Waals surface area contributed by atoms with Crippen molar-refractivity contribution in [3.8, 4) is 0 Å². The number of aromatic nitrogens is 2. The molecule has 0 amide bonds. The largest absolute Gasteiger partial charge is 0.416 e. The quantitative estimate of drug-likeness (QED) is 0.235. The summed E-state index contributed by atoms with van der Waals surface area (Å²) in [6.45, 7) is 0. The summed E-state index contributed by atoms with van der Waals surface area (Å²) in [5.74, 6) is -1.17. The van der Waals surface area contributed by atoms with Crippen LogP contribution in [0.4, 0.5) is 75.7 Å². The Kier molecular flexibility index (Phi) is 7.01. The molecule has 4 rings (SSSR count). The highest BCUT2D eigenvalue weighted by Crippen LogP contribution is 2.41. The third-order valence-electron chi connectivity index (χ3n) is 5.27. The second-order valence-electron chi connectivity index (χ2n) is 8.25. The average molecular weight is 584 g/mol. The number of para-hydroxylation sites is 2. The lowest BCUT2D eigenvalue weighted by atomic mass is 10.1. The Hall–Kier alpha value is -4.24. The number of anilines is 4. The van der Waals surface area contributed by atoms with Gasteiger partial charge in [-0.2, -0.15) is 52.7 Å². The number of hydrogen-bond donors (Lipinski definition) is 2. The van der Waals surface area contributed by atoms with E-state index >= 15 is 0 Å². The molecule has 1 aromatic heterocycles. The summed E-state index contributed by atoms with van der Waals surface area (Å²) >= 11 is 0. The van der Waals surface area contributed by atoms with Crippen molar-refractivity contribution in [2.75, 3.05) is 10.6 Å². The normalized spacial score (nSPS) is 13.0. The van der Waals surface area contributed by atoms with Crippen LogP contribution in [0.5, 0.6) is 0 Å². The van der Waals surface area contributed by atoms with Crippen LogP contribution >= 0.6 is 0 Å². The predicted molar refractivity (Wildman–Crippen MR) is 119 cm³/mol. The highest BCUT2D eigenvalue weighted by molar-refractivity contribution is 5.83. The number of fused-ring (bicyclic) bond motifs is 1. The molecule has 4 nitrogen and oxygen atoms in total. The number of rotatable bonds is 4. The van der Waals surface area contributed by atoms with Gasteiger partial charge >= 0.3 is 24.7 Å². The molecule has 0 spiro atoms. The summed E-state index contributed by atoms with van der Waals surface area (Å²) in [5.41, 5.74) is -8.18. The van der Waals surface area contributed by atoms with Gasteiger partial charge in [-0.25, -0.2) is 9.97 Å². The van der Waals surface area contributed by atoms with Crippen molar-refractivity contribution in [1.29, 1.82) is 0 Å². The Morgan fingerprint density at radius 2 is 0.700 bits per heavy atom. The van der Waals surface area contributed by atoms with Gasteiger partial charge in [-0.15, -0.1) is 0 Å². The number of alkyl halides is 12. The molecule has 4 aromatic rings. The van der Waals surface area contributed by atoms with E-state index in [1.165, 1.54) is 24.3 Å². The van der Waals surface area contributed by atoms with Gasteiger partial charge in [0.2, 0.25) is 0 Å². The zero-order valence-corrected chi connectivity index (χ0v) is 19.2. The maximum atomic E-state index is 13.3. The predicted octanol–water partition coefficient (Wildman–Crippen LogP) is 9.19. The molecule has 1 heterocycles. The molecule has 0 atom stereocenters. The van der Waals surface area contributed by atoms with E-state index < -0.39 is 70.0 Å². The molecule has 2 N–H and O–H groups in total. The number of benzene rings is 3. The first-order valence-electron chi connectivity index (χ1n) is 10.7. The summed E-state index contributed by atoms with van der Waals surface area (Å²) in [7, 11) is 0. The molecule has 0 unspecified atom stereocenters. The Balaban J connectivity index is 1.87. The second kappa shape index (κ2) is 9.75. The van der Waals surface area contributed by atoms with Crippen molar-refractivity contribution in [2.45, 2.75) is 24.7 Å². The third kappa shape index (κ3) is 6.48. The fourth-order valence-corrected chi connectivity index (χ4v) is 3.50. The maximum Gasteiger partial charge on any atom is 0.416 e. The van der Waals surface area contributed by atoms with E-state index in [9.17, 15) is 52.7 Å². The molecule has 0 radical (unpaired) electrons. The van der Waals surface area contributed by atoms with Gasteiger partial charge in [0.1, 0.15) is 0 Å². The van der Waals surface area contributed by atoms with Gasteiger partial charge in [0, 0.05) is 11.4 Å². The second-order valence-corrected chi connectivity index (χ2v) is 8.25. The summed E-state index contributed by atoms with van der Waals surface area (Å²) in [5, 5.41) is 4.44. The number of halogens is 12. The minimum Gasteiger partial charge on any atom is -0.337 e. The van der Waals surface area contributed by atoms with Crippen molar-refractivity contribution in [3.05, 3.63) is 82.9 Å². The van der Waals surface area contributed by atoms with E-state index in [0.717, 1.165) is 0 Å². The summed E-state index contributed by atoms with van der Waals surface area (Å²) in [4.78, 5) is 8.10. The van der Waals surface area contributed by atoms with E-state index in [1.807, 2.05) is 0 Å². The molecule has 16 heteroatoms. The smallest absolute Gasteiger partial charge is 0.337 e. The number of hydrogen-bond acceptors (Lipinski definition) is 4. The highest BCUT2D eigenvalue weighted by atomic mass is 19.4. The van der Waals surface area contributed by atoms with Gasteiger partial charge in [-0.1, -0.05) is 12.1 Å². The highest BCUT2D eigenvalue weighted by Gasteiger charge is 2.38. The van der Waals surface area contributed by atoms with Gasteiger partial charge < -0.3 is 10.6 Å². The summed E-state index contributed by atoms with van der Waals surface area (Å²) in [6.07, 6.45) is -20.8. The van der Waals surface area contributed by atoms with Crippen molar-refractivity contribution < 1.29 is 52.7 Å². The molecule has 3 aromatic carbocycles. The van der Waals surface area contributed by atoms with Crippen LogP contribution in [0, 0.1) is 0 Å². The zero-order chi connectivity index (χ0) is 29.7. The van der Waals surface area contributed by atoms with Crippen LogP contribution in [-0.4, -0.2) is 9.97 Å². The first kappa shape index (κ1) is 28.8. The van der Waals surface area contributed by atoms with Crippen LogP contribution in [0.1, 0.15) is 22.3 Å². The zero-order valence-electron chi connectivity index (χ0n) is 19.2. The van der Waals surface area contributed by atoms with E-state index in [4.69, 9.17) is 0 Å². The van der Waals surface area contributed by atoms with Gasteiger partial charge in [-0.05, 0) is 48.5 Å². The fourth-order valence-electron chi connectivity index (χ4n) is 3.50. The minimum atomic E-state index is -5.19. The molecule has 40 heavy (non-hydrogen) atoms. The molecule has 0 aliphatic carbocycles. The molecular formula is C24H12F12N4. The Morgan fingerprint density at radius 3 is 0.950 bits per heavy atom. The van der Waals surface area contributed by atoms with E-state index in [2.05, 4.69) is 20.6 Å². The van der Waals surface area contributed by atoms with Gasteiger partial charge in [0.05, 0.1) is 33.3 Å². The average Bonchev–Trinajstić information content (AvgIpc) is 2.82. The van der Waals surface area contributed by atoms with Crippen LogP contribution < -0.4 is 10.6 Å². The SMILES string of the molecule is FC(F)(F)c1cc(Nc2nc3ccccc3nc2Nc2cc(C(F)(F)F)cc(C(F)(F)F)c2)cc(C(F)(F)F)c1. The van der Waals surface area contributed by atoms with Gasteiger partial charge in [0.15, 0.2) is 11.6 Å². The van der Waals surface area contributed by atoms with E-state index in [1.54, 1.807) is 0 Å². The van der Waals surface area contributed by atoms with Crippen LogP contribution in [-0.2, 0) is 24.7 Å². The Bertz CT molecular complexity index is 1370. The Morgan fingerprint density at radius 1 is 0.425 bits per heavy atom. The van der Waals surface area contributed by atoms with Crippen LogP contribution in [0.15, 0.2) is 60.7 Å². The molecule has 0 fully saturated rings. The standard InChI is InChI=1S/C24H12F12N4/c25-21(26,27)11-5-12(22(28,29)30)8-15(7-11)37-19-20(40-18-4-2-1-3-17(18)39-19)38-16-9-13(23(31,32)33)6-14(10-16)24(34,35)36/h1-10H,(H,37,39)(H,38,40). The molecule has 0 bridgehead atoms. The van der Waals surface area contributed by atoms with Gasteiger partial charge in [0.25, 0.3) is 0 Å². The first-order chi connectivity index (χ1) is 18.3. The van der Waals surface area contributed by atoms with Crippen molar-refractivity contribution in [2.24, 2.45) is 0 Å². The van der Waals surface area contributed by atoms with Crippen molar-refractivity contribution >= 4 is 34.0 Å². The van der Waals surface area contributed by atoms with Crippen molar-refractivity contribution in [3.63, 3.8) is 0 Å². The fraction of sp³-hybridized carbons (Fsp3) is 0.167. The van der Waals surface area contributed by atoms with Crippen molar-refractivity contribution in [1.82, 2.24) is 9.97 Å². The maximum absolute atomic E-state index is 13.3. The molecule has 0 aliphatic heterocycles. The lowest BCUT2D eigenvalue weighted by molar-refractivity contribution is -0.144. The number of nitrogens with one attached hydrogen (secondary N) is 2. The summed E-state index contributed by atoms with van der Waals surface area (Å²) < 4.78 is 160. The number of nitrogens with zero attached hydrogens (tertiary/aromatic N) is 2. The topological polar surface area (TPSA) is 49.8 Å². The monoisotopic (exact) mass is 584 g/mol. The molecule has 0 saturated carbocycles. The van der Waals surface area contributed by atoms with Gasteiger partial charge in [-0.3, -0.25) is 0 Å². The molecule has 212 valence electrons. The first-order valence-corrected chi connectivity index (χ1v) is 10.7. The lowest BCUT2D eigenvalue weighted by Gasteiger charge is -2.18. The van der Waals surface area contributed by atoms with E-state index in [-0.39, 0.29) is 23.2 Å². The van der Waals surface area contributed by atoms with Crippen LogP contribution in [0.3, 0.4) is 0 Å². The molecular weight excluding hydrogens is 572 g/mol. The Labute approximate surface area is 215 Å². The van der Waals surface area contributed by atoms with Crippen LogP contribution in [0.25, 0.3) is 11.0 Å². The summed E-state index contributed by atoms with van der Waals surface area (Å²) in [6, 6.07) is 6.67. The molecule has 0 saturated heterocycles. The van der Waals surface area contributed by atoms with E-state index in [0.29, 0.717) is 24.3 Å².